The number of rotatable bonds is 3. The molecule has 0 spiro atoms. The second kappa shape index (κ2) is 6.76. The first-order chi connectivity index (χ1) is 12.3. The number of morpholine rings is 1. The minimum atomic E-state index is 0.266. The Bertz CT molecular complexity index is 783. The molecule has 0 aromatic carbocycles. The molecule has 7 heteroatoms. The summed E-state index contributed by atoms with van der Waals surface area (Å²) in [6, 6.07) is 0. The van der Waals surface area contributed by atoms with E-state index in [0.29, 0.717) is 19.1 Å². The number of aromatic nitrogens is 4. The first-order valence-corrected chi connectivity index (χ1v) is 8.75. The van der Waals surface area contributed by atoms with E-state index < -0.39 is 0 Å². The maximum absolute atomic E-state index is 5.64. The molecule has 3 heterocycles. The van der Waals surface area contributed by atoms with E-state index in [2.05, 4.69) is 33.9 Å². The highest BCUT2D eigenvalue weighted by atomic mass is 16.5. The van der Waals surface area contributed by atoms with Crippen LogP contribution in [0.4, 0.5) is 11.9 Å². The topological polar surface area (TPSA) is 90.0 Å². The van der Waals surface area contributed by atoms with Crippen molar-refractivity contribution in [3.05, 3.63) is 29.7 Å². The third-order valence-electron chi connectivity index (χ3n) is 4.79. The van der Waals surface area contributed by atoms with Gasteiger partial charge in [0.15, 0.2) is 0 Å². The monoisotopic (exact) mass is 338 g/mol. The van der Waals surface area contributed by atoms with E-state index >= 15 is 0 Å². The molecule has 130 valence electrons. The molecule has 4 rings (SSSR count). The quantitative estimate of drug-likeness (QED) is 0.918. The summed E-state index contributed by atoms with van der Waals surface area (Å²) in [7, 11) is 0. The fourth-order valence-electron chi connectivity index (χ4n) is 3.36. The molecule has 0 amide bonds. The minimum absolute atomic E-state index is 0.266. The lowest BCUT2D eigenvalue weighted by Gasteiger charge is -2.29. The van der Waals surface area contributed by atoms with Gasteiger partial charge in [0, 0.05) is 42.5 Å². The molecule has 0 saturated carbocycles. The predicted molar refractivity (Wildman–Crippen MR) is 97.2 cm³/mol. The summed E-state index contributed by atoms with van der Waals surface area (Å²) in [5, 5.41) is 0. The number of anilines is 2. The molecule has 1 unspecified atom stereocenters. The number of hydrogen-bond donors (Lipinski definition) is 1. The zero-order valence-electron chi connectivity index (χ0n) is 14.4. The van der Waals surface area contributed by atoms with Gasteiger partial charge < -0.3 is 15.4 Å². The molecular formula is C18H22N6O. The van der Waals surface area contributed by atoms with Crippen LogP contribution >= 0.6 is 0 Å². The average molecular weight is 338 g/mol. The van der Waals surface area contributed by atoms with Crippen molar-refractivity contribution in [1.29, 1.82) is 0 Å². The first-order valence-electron chi connectivity index (χ1n) is 8.75. The Morgan fingerprint density at radius 2 is 1.96 bits per heavy atom. The summed E-state index contributed by atoms with van der Waals surface area (Å²) in [6.45, 7) is 5.23. The van der Waals surface area contributed by atoms with Crippen LogP contribution < -0.4 is 10.6 Å². The van der Waals surface area contributed by atoms with Crippen LogP contribution in [0.3, 0.4) is 0 Å². The molecule has 1 aliphatic heterocycles. The van der Waals surface area contributed by atoms with Crippen LogP contribution in [-0.4, -0.2) is 46.2 Å². The van der Waals surface area contributed by atoms with Gasteiger partial charge in [0.25, 0.3) is 0 Å². The number of nitrogens with zero attached hydrogens (tertiary/aromatic N) is 5. The summed E-state index contributed by atoms with van der Waals surface area (Å²) in [5.74, 6) is 1.45. The lowest BCUT2D eigenvalue weighted by molar-refractivity contribution is 0.122. The highest BCUT2D eigenvalue weighted by Gasteiger charge is 2.25. The fraction of sp³-hybridized carbons (Fsp3) is 0.444. The van der Waals surface area contributed by atoms with Gasteiger partial charge in [-0.05, 0) is 12.8 Å². The van der Waals surface area contributed by atoms with Crippen molar-refractivity contribution in [1.82, 2.24) is 19.9 Å². The molecular weight excluding hydrogens is 316 g/mol. The van der Waals surface area contributed by atoms with Gasteiger partial charge in [0.2, 0.25) is 11.9 Å². The Kier molecular flexibility index (Phi) is 4.31. The molecule has 0 bridgehead atoms. The molecule has 1 aliphatic carbocycles. The summed E-state index contributed by atoms with van der Waals surface area (Å²) >= 11 is 0. The zero-order valence-corrected chi connectivity index (χ0v) is 14.4. The molecule has 1 saturated heterocycles. The maximum Gasteiger partial charge on any atom is 0.226 e. The second-order valence-corrected chi connectivity index (χ2v) is 6.34. The standard InChI is InChI=1S/C18H22N6O/c1-2-12-4-3-5-14-15(12)22-18(24-6-8-25-9-7-24)23-16(14)13-10-20-17(19)21-11-13/h3,5,10-12H,2,4,6-9H2,1H3,(H2,19,20,21). The van der Waals surface area contributed by atoms with Gasteiger partial charge in [0.1, 0.15) is 0 Å². The molecule has 25 heavy (non-hydrogen) atoms. The van der Waals surface area contributed by atoms with Crippen molar-refractivity contribution in [2.45, 2.75) is 25.7 Å². The Balaban J connectivity index is 1.86. The van der Waals surface area contributed by atoms with Crippen LogP contribution in [0.5, 0.6) is 0 Å². The second-order valence-electron chi connectivity index (χ2n) is 6.34. The highest BCUT2D eigenvalue weighted by molar-refractivity contribution is 5.75. The smallest absolute Gasteiger partial charge is 0.226 e. The highest BCUT2D eigenvalue weighted by Crippen LogP contribution is 2.36. The van der Waals surface area contributed by atoms with E-state index in [9.17, 15) is 0 Å². The lowest BCUT2D eigenvalue weighted by Crippen LogP contribution is -2.37. The first kappa shape index (κ1) is 16.0. The number of fused-ring (bicyclic) bond motifs is 1. The minimum Gasteiger partial charge on any atom is -0.378 e. The van der Waals surface area contributed by atoms with Gasteiger partial charge in [-0.2, -0.15) is 0 Å². The summed E-state index contributed by atoms with van der Waals surface area (Å²) in [6.07, 6.45) is 9.86. The molecule has 7 nitrogen and oxygen atoms in total. The van der Waals surface area contributed by atoms with E-state index in [4.69, 9.17) is 20.4 Å². The third kappa shape index (κ3) is 3.07. The van der Waals surface area contributed by atoms with Gasteiger partial charge in [0.05, 0.1) is 24.6 Å². The SMILES string of the molecule is CCC1CC=Cc2c(-c3cnc(N)nc3)nc(N3CCOCC3)nc21. The number of ether oxygens (including phenoxy) is 1. The summed E-state index contributed by atoms with van der Waals surface area (Å²) in [4.78, 5) is 20.3. The Labute approximate surface area is 147 Å². The van der Waals surface area contributed by atoms with Crippen LogP contribution in [0, 0.1) is 0 Å². The predicted octanol–water partition coefficient (Wildman–Crippen LogP) is 2.26. The van der Waals surface area contributed by atoms with Gasteiger partial charge in [-0.1, -0.05) is 19.1 Å². The van der Waals surface area contributed by atoms with E-state index in [1.54, 1.807) is 12.4 Å². The summed E-state index contributed by atoms with van der Waals surface area (Å²) in [5.41, 5.74) is 9.57. The normalized spacial score (nSPS) is 19.7. The largest absolute Gasteiger partial charge is 0.378 e. The molecule has 2 aromatic rings. The Morgan fingerprint density at radius 1 is 1.20 bits per heavy atom. The van der Waals surface area contributed by atoms with Crippen LogP contribution in [0.2, 0.25) is 0 Å². The molecule has 1 atom stereocenters. The summed E-state index contributed by atoms with van der Waals surface area (Å²) < 4.78 is 5.46. The van der Waals surface area contributed by atoms with Crippen molar-refractivity contribution >= 4 is 18.0 Å². The van der Waals surface area contributed by atoms with Gasteiger partial charge in [-0.25, -0.2) is 19.9 Å². The van der Waals surface area contributed by atoms with Gasteiger partial charge >= 0.3 is 0 Å². The van der Waals surface area contributed by atoms with E-state index in [1.807, 2.05) is 0 Å². The van der Waals surface area contributed by atoms with Crippen LogP contribution in [0.25, 0.3) is 17.3 Å². The molecule has 1 fully saturated rings. The van der Waals surface area contributed by atoms with E-state index in [-0.39, 0.29) is 5.95 Å². The molecule has 2 N–H and O–H groups in total. The van der Waals surface area contributed by atoms with E-state index in [1.165, 1.54) is 0 Å². The number of allylic oxidation sites excluding steroid dienone is 1. The Morgan fingerprint density at radius 3 is 2.68 bits per heavy atom. The zero-order chi connectivity index (χ0) is 17.2. The Hall–Kier alpha value is -2.54. The third-order valence-corrected chi connectivity index (χ3v) is 4.79. The van der Waals surface area contributed by atoms with E-state index in [0.717, 1.165) is 54.4 Å². The average Bonchev–Trinajstić information content (AvgIpc) is 2.68. The van der Waals surface area contributed by atoms with Crippen LogP contribution in [-0.2, 0) is 4.74 Å². The van der Waals surface area contributed by atoms with Crippen molar-refractivity contribution in [2.75, 3.05) is 36.9 Å². The fourth-order valence-corrected chi connectivity index (χ4v) is 3.36. The van der Waals surface area contributed by atoms with Gasteiger partial charge in [-0.3, -0.25) is 0 Å². The maximum atomic E-state index is 5.64. The molecule has 0 radical (unpaired) electrons. The van der Waals surface area contributed by atoms with Gasteiger partial charge in [-0.15, -0.1) is 0 Å². The van der Waals surface area contributed by atoms with Crippen molar-refractivity contribution in [3.63, 3.8) is 0 Å². The lowest BCUT2D eigenvalue weighted by atomic mass is 9.88. The van der Waals surface area contributed by atoms with Crippen molar-refractivity contribution in [3.8, 4) is 11.3 Å². The van der Waals surface area contributed by atoms with Crippen molar-refractivity contribution < 1.29 is 4.74 Å². The number of nitrogen functional groups attached to an aromatic ring is 1. The number of hydrogen-bond acceptors (Lipinski definition) is 7. The van der Waals surface area contributed by atoms with Crippen LogP contribution in [0.1, 0.15) is 36.9 Å². The van der Waals surface area contributed by atoms with Crippen molar-refractivity contribution in [2.24, 2.45) is 0 Å². The molecule has 2 aliphatic rings. The van der Waals surface area contributed by atoms with Crippen LogP contribution in [0.15, 0.2) is 18.5 Å². The molecule has 2 aromatic heterocycles. The number of nitrogens with two attached hydrogens (primary N) is 1.